The fourth-order valence-corrected chi connectivity index (χ4v) is 1.60. The van der Waals surface area contributed by atoms with Gasteiger partial charge in [-0.25, -0.2) is 0 Å². The standard InChI is InChI=1S/C11H15N3O/c1-9-6-11(15-13-9)8-14-5-3-4-10(14)7-12-2/h3-6,12H,7-8H2,1-2H3. The number of aryl methyl sites for hydroxylation is 1. The number of nitrogens with one attached hydrogen (secondary N) is 1. The molecule has 80 valence electrons. The first kappa shape index (κ1) is 9.98. The van der Waals surface area contributed by atoms with E-state index in [9.17, 15) is 0 Å². The summed E-state index contributed by atoms with van der Waals surface area (Å²) in [5, 5.41) is 7.00. The lowest BCUT2D eigenvalue weighted by atomic mass is 10.3. The van der Waals surface area contributed by atoms with Gasteiger partial charge in [0.05, 0.1) is 12.2 Å². The summed E-state index contributed by atoms with van der Waals surface area (Å²) in [5.41, 5.74) is 2.17. The molecule has 0 aliphatic rings. The van der Waals surface area contributed by atoms with Crippen LogP contribution in [-0.4, -0.2) is 16.8 Å². The molecule has 0 fully saturated rings. The van der Waals surface area contributed by atoms with Crippen molar-refractivity contribution in [3.8, 4) is 0 Å². The first-order chi connectivity index (χ1) is 7.29. The molecule has 0 aliphatic carbocycles. The van der Waals surface area contributed by atoms with Gasteiger partial charge in [-0.3, -0.25) is 0 Å². The molecule has 2 rings (SSSR count). The number of aromatic nitrogens is 2. The second-order valence-electron chi connectivity index (χ2n) is 3.59. The molecule has 15 heavy (non-hydrogen) atoms. The Balaban J connectivity index is 2.13. The van der Waals surface area contributed by atoms with Gasteiger partial charge in [0.15, 0.2) is 5.76 Å². The van der Waals surface area contributed by atoms with Gasteiger partial charge in [-0.15, -0.1) is 0 Å². The van der Waals surface area contributed by atoms with Crippen molar-refractivity contribution in [2.75, 3.05) is 7.05 Å². The van der Waals surface area contributed by atoms with E-state index in [0.717, 1.165) is 24.5 Å². The van der Waals surface area contributed by atoms with Crippen LogP contribution in [-0.2, 0) is 13.1 Å². The monoisotopic (exact) mass is 205 g/mol. The van der Waals surface area contributed by atoms with Crippen LogP contribution in [0.3, 0.4) is 0 Å². The average molecular weight is 205 g/mol. The summed E-state index contributed by atoms with van der Waals surface area (Å²) in [5.74, 6) is 0.890. The molecular formula is C11H15N3O. The van der Waals surface area contributed by atoms with E-state index in [1.807, 2.05) is 32.3 Å². The van der Waals surface area contributed by atoms with Crippen LogP contribution >= 0.6 is 0 Å². The van der Waals surface area contributed by atoms with Gasteiger partial charge in [0.25, 0.3) is 0 Å². The Morgan fingerprint density at radius 2 is 2.40 bits per heavy atom. The highest BCUT2D eigenvalue weighted by Gasteiger charge is 2.04. The minimum Gasteiger partial charge on any atom is -0.359 e. The van der Waals surface area contributed by atoms with Crippen LogP contribution < -0.4 is 5.32 Å². The third-order valence-corrected chi connectivity index (χ3v) is 2.28. The number of nitrogens with zero attached hydrogens (tertiary/aromatic N) is 2. The average Bonchev–Trinajstić information content (AvgIpc) is 2.78. The Morgan fingerprint density at radius 3 is 3.07 bits per heavy atom. The van der Waals surface area contributed by atoms with Gasteiger partial charge in [0, 0.05) is 24.5 Å². The van der Waals surface area contributed by atoms with Crippen LogP contribution in [0.15, 0.2) is 28.9 Å². The van der Waals surface area contributed by atoms with Crippen LogP contribution in [0.25, 0.3) is 0 Å². The normalized spacial score (nSPS) is 10.8. The van der Waals surface area contributed by atoms with E-state index in [1.165, 1.54) is 5.69 Å². The second-order valence-corrected chi connectivity index (χ2v) is 3.59. The number of hydrogen-bond acceptors (Lipinski definition) is 3. The fraction of sp³-hybridized carbons (Fsp3) is 0.364. The van der Waals surface area contributed by atoms with Gasteiger partial charge >= 0.3 is 0 Å². The molecule has 2 aromatic heterocycles. The number of hydrogen-bond donors (Lipinski definition) is 1. The van der Waals surface area contributed by atoms with Crippen molar-refractivity contribution >= 4 is 0 Å². The van der Waals surface area contributed by atoms with E-state index >= 15 is 0 Å². The van der Waals surface area contributed by atoms with Gasteiger partial charge < -0.3 is 14.4 Å². The molecule has 1 N–H and O–H groups in total. The largest absolute Gasteiger partial charge is 0.359 e. The molecule has 0 amide bonds. The van der Waals surface area contributed by atoms with Crippen LogP contribution in [0, 0.1) is 6.92 Å². The summed E-state index contributed by atoms with van der Waals surface area (Å²) >= 11 is 0. The van der Waals surface area contributed by atoms with Gasteiger partial charge in [0.2, 0.25) is 0 Å². The Bertz CT molecular complexity index is 430. The maximum Gasteiger partial charge on any atom is 0.156 e. The van der Waals surface area contributed by atoms with Gasteiger partial charge in [-0.1, -0.05) is 5.16 Å². The summed E-state index contributed by atoms with van der Waals surface area (Å²) in [7, 11) is 1.94. The molecule has 0 radical (unpaired) electrons. The number of rotatable bonds is 4. The molecule has 0 aromatic carbocycles. The molecule has 0 saturated heterocycles. The minimum absolute atomic E-state index is 0.741. The molecule has 0 spiro atoms. The fourth-order valence-electron chi connectivity index (χ4n) is 1.60. The molecule has 4 nitrogen and oxygen atoms in total. The van der Waals surface area contributed by atoms with Crippen molar-refractivity contribution in [2.24, 2.45) is 0 Å². The summed E-state index contributed by atoms with van der Waals surface area (Å²) in [4.78, 5) is 0. The third-order valence-electron chi connectivity index (χ3n) is 2.28. The SMILES string of the molecule is CNCc1cccn1Cc1cc(C)no1. The Kier molecular flexibility index (Phi) is 2.87. The van der Waals surface area contributed by atoms with Crippen molar-refractivity contribution in [1.29, 1.82) is 0 Å². The van der Waals surface area contributed by atoms with Crippen LogP contribution in [0.2, 0.25) is 0 Å². The zero-order chi connectivity index (χ0) is 10.7. The summed E-state index contributed by atoms with van der Waals surface area (Å²) < 4.78 is 7.33. The highest BCUT2D eigenvalue weighted by molar-refractivity contribution is 5.11. The van der Waals surface area contributed by atoms with Crippen molar-refractivity contribution in [3.05, 3.63) is 41.5 Å². The zero-order valence-corrected chi connectivity index (χ0v) is 9.03. The Labute approximate surface area is 88.9 Å². The first-order valence-corrected chi connectivity index (χ1v) is 5.00. The molecule has 0 atom stereocenters. The topological polar surface area (TPSA) is 43.0 Å². The lowest BCUT2D eigenvalue weighted by molar-refractivity contribution is 0.371. The van der Waals surface area contributed by atoms with E-state index < -0.39 is 0 Å². The lowest BCUT2D eigenvalue weighted by Gasteiger charge is -2.05. The van der Waals surface area contributed by atoms with Crippen LogP contribution in [0.4, 0.5) is 0 Å². The van der Waals surface area contributed by atoms with Gasteiger partial charge in [0.1, 0.15) is 0 Å². The molecule has 0 unspecified atom stereocenters. The summed E-state index contributed by atoms with van der Waals surface area (Å²) in [6, 6.07) is 6.10. The summed E-state index contributed by atoms with van der Waals surface area (Å²) in [6.45, 7) is 3.53. The zero-order valence-electron chi connectivity index (χ0n) is 9.03. The van der Waals surface area contributed by atoms with E-state index in [1.54, 1.807) is 0 Å². The molecule has 2 heterocycles. The molecule has 0 bridgehead atoms. The van der Waals surface area contributed by atoms with E-state index in [2.05, 4.69) is 21.1 Å². The van der Waals surface area contributed by atoms with Crippen molar-refractivity contribution in [3.63, 3.8) is 0 Å². The molecular weight excluding hydrogens is 190 g/mol. The molecule has 0 aliphatic heterocycles. The van der Waals surface area contributed by atoms with Crippen molar-refractivity contribution in [1.82, 2.24) is 15.0 Å². The minimum atomic E-state index is 0.741. The van der Waals surface area contributed by atoms with Crippen LogP contribution in [0.1, 0.15) is 17.1 Å². The highest BCUT2D eigenvalue weighted by atomic mass is 16.5. The Morgan fingerprint density at radius 1 is 1.53 bits per heavy atom. The maximum absolute atomic E-state index is 5.18. The first-order valence-electron chi connectivity index (χ1n) is 5.00. The van der Waals surface area contributed by atoms with E-state index in [-0.39, 0.29) is 0 Å². The highest BCUT2D eigenvalue weighted by Crippen LogP contribution is 2.08. The smallest absolute Gasteiger partial charge is 0.156 e. The molecule has 4 heteroatoms. The van der Waals surface area contributed by atoms with E-state index in [0.29, 0.717) is 0 Å². The summed E-state index contributed by atoms with van der Waals surface area (Å²) in [6.07, 6.45) is 2.05. The van der Waals surface area contributed by atoms with Gasteiger partial charge in [-0.05, 0) is 26.1 Å². The second kappa shape index (κ2) is 4.31. The molecule has 0 saturated carbocycles. The lowest BCUT2D eigenvalue weighted by Crippen LogP contribution is -2.11. The predicted molar refractivity (Wildman–Crippen MR) is 57.5 cm³/mol. The van der Waals surface area contributed by atoms with Crippen molar-refractivity contribution < 1.29 is 4.52 Å². The molecule has 2 aromatic rings. The quantitative estimate of drug-likeness (QED) is 0.823. The maximum atomic E-state index is 5.18. The van der Waals surface area contributed by atoms with Crippen molar-refractivity contribution in [2.45, 2.75) is 20.0 Å². The van der Waals surface area contributed by atoms with Gasteiger partial charge in [-0.2, -0.15) is 0 Å². The van der Waals surface area contributed by atoms with E-state index in [4.69, 9.17) is 4.52 Å². The Hall–Kier alpha value is -1.55. The van der Waals surface area contributed by atoms with Crippen LogP contribution in [0.5, 0.6) is 0 Å². The third kappa shape index (κ3) is 2.27. The predicted octanol–water partition coefficient (Wildman–Crippen LogP) is 1.55.